The van der Waals surface area contributed by atoms with Crippen LogP contribution < -0.4 is 4.90 Å². The third kappa shape index (κ3) is 2.20. The van der Waals surface area contributed by atoms with Crippen molar-refractivity contribution in [3.05, 3.63) is 28.8 Å². The summed E-state index contributed by atoms with van der Waals surface area (Å²) in [6.45, 7) is 6.86. The number of aliphatic hydroxyl groups excluding tert-OH is 1. The molecule has 0 saturated carbocycles. The maximum atomic E-state index is 11.9. The molecule has 3 heteroatoms. The summed E-state index contributed by atoms with van der Waals surface area (Å²) in [7, 11) is 0. The highest BCUT2D eigenvalue weighted by atomic mass is 16.3. The minimum absolute atomic E-state index is 0.0857. The van der Waals surface area contributed by atoms with Gasteiger partial charge in [-0.05, 0) is 31.9 Å². The van der Waals surface area contributed by atoms with Crippen molar-refractivity contribution in [2.45, 2.75) is 27.2 Å². The molecule has 3 nitrogen and oxygen atoms in total. The Kier molecular flexibility index (Phi) is 3.20. The lowest BCUT2D eigenvalue weighted by Crippen LogP contribution is -2.26. The fourth-order valence-electron chi connectivity index (χ4n) is 2.72. The third-order valence-electron chi connectivity index (χ3n) is 3.37. The number of carbonyl (C=O) groups is 1. The standard InChI is InChI=1S/C14H19NO2/c1-9-4-10(2)14(11(3)5-9)15-7-12(8-16)6-13(15)17/h4-5,12,16H,6-8H2,1-3H3. The van der Waals surface area contributed by atoms with Gasteiger partial charge in [0.1, 0.15) is 0 Å². The first kappa shape index (κ1) is 12.1. The van der Waals surface area contributed by atoms with Gasteiger partial charge in [0, 0.05) is 31.2 Å². The number of hydrogen-bond acceptors (Lipinski definition) is 2. The Bertz CT molecular complexity index is 431. The summed E-state index contributed by atoms with van der Waals surface area (Å²) in [6, 6.07) is 4.20. The highest BCUT2D eigenvalue weighted by Crippen LogP contribution is 2.31. The second-order valence-electron chi connectivity index (χ2n) is 5.00. The Morgan fingerprint density at radius 1 is 1.29 bits per heavy atom. The quantitative estimate of drug-likeness (QED) is 0.848. The predicted molar refractivity (Wildman–Crippen MR) is 68.2 cm³/mol. The zero-order chi connectivity index (χ0) is 12.6. The maximum Gasteiger partial charge on any atom is 0.227 e. The molecule has 0 aliphatic carbocycles. The molecular formula is C14H19NO2. The van der Waals surface area contributed by atoms with Crippen LogP contribution in [0, 0.1) is 26.7 Å². The zero-order valence-electron chi connectivity index (χ0n) is 10.7. The number of hydrogen-bond donors (Lipinski definition) is 1. The number of benzene rings is 1. The van der Waals surface area contributed by atoms with Crippen LogP contribution in [-0.4, -0.2) is 24.2 Å². The van der Waals surface area contributed by atoms with E-state index in [-0.39, 0.29) is 18.4 Å². The molecule has 1 unspecified atom stereocenters. The van der Waals surface area contributed by atoms with Crippen LogP contribution >= 0.6 is 0 Å². The van der Waals surface area contributed by atoms with Gasteiger partial charge in [0.2, 0.25) is 5.91 Å². The number of carbonyl (C=O) groups excluding carboxylic acids is 1. The summed E-state index contributed by atoms with van der Waals surface area (Å²) in [5, 5.41) is 9.15. The lowest BCUT2D eigenvalue weighted by molar-refractivity contribution is -0.117. The third-order valence-corrected chi connectivity index (χ3v) is 3.37. The smallest absolute Gasteiger partial charge is 0.227 e. The molecule has 0 radical (unpaired) electrons. The number of aryl methyl sites for hydroxylation is 3. The van der Waals surface area contributed by atoms with Crippen LogP contribution in [0.2, 0.25) is 0 Å². The summed E-state index contributed by atoms with van der Waals surface area (Å²) in [4.78, 5) is 13.8. The average molecular weight is 233 g/mol. The Morgan fingerprint density at radius 2 is 1.88 bits per heavy atom. The van der Waals surface area contributed by atoms with E-state index in [1.807, 2.05) is 18.7 Å². The van der Waals surface area contributed by atoms with Gasteiger partial charge < -0.3 is 10.0 Å². The largest absolute Gasteiger partial charge is 0.396 e. The molecule has 1 amide bonds. The molecule has 0 spiro atoms. The molecule has 1 heterocycles. The van der Waals surface area contributed by atoms with Crippen molar-refractivity contribution in [2.24, 2.45) is 5.92 Å². The molecule has 1 aliphatic rings. The van der Waals surface area contributed by atoms with Gasteiger partial charge in [-0.1, -0.05) is 17.7 Å². The Morgan fingerprint density at radius 3 is 2.35 bits per heavy atom. The fourth-order valence-corrected chi connectivity index (χ4v) is 2.72. The Balaban J connectivity index is 2.38. The first-order chi connectivity index (χ1) is 8.02. The number of amides is 1. The van der Waals surface area contributed by atoms with E-state index in [0.717, 1.165) is 16.8 Å². The molecule has 1 atom stereocenters. The van der Waals surface area contributed by atoms with E-state index >= 15 is 0 Å². The van der Waals surface area contributed by atoms with Gasteiger partial charge in [0.15, 0.2) is 0 Å². The normalized spacial score (nSPS) is 20.1. The van der Waals surface area contributed by atoms with Gasteiger partial charge in [-0.15, -0.1) is 0 Å². The average Bonchev–Trinajstić information content (AvgIpc) is 2.59. The van der Waals surface area contributed by atoms with Gasteiger partial charge in [-0.3, -0.25) is 4.79 Å². The van der Waals surface area contributed by atoms with E-state index in [4.69, 9.17) is 5.11 Å². The van der Waals surface area contributed by atoms with E-state index in [2.05, 4.69) is 19.1 Å². The molecule has 1 N–H and O–H groups in total. The second-order valence-corrected chi connectivity index (χ2v) is 5.00. The van der Waals surface area contributed by atoms with Crippen LogP contribution in [0.5, 0.6) is 0 Å². The van der Waals surface area contributed by atoms with Gasteiger partial charge >= 0.3 is 0 Å². The van der Waals surface area contributed by atoms with Crippen LogP contribution in [-0.2, 0) is 4.79 Å². The van der Waals surface area contributed by atoms with E-state index in [1.165, 1.54) is 5.56 Å². The van der Waals surface area contributed by atoms with E-state index < -0.39 is 0 Å². The molecular weight excluding hydrogens is 214 g/mol. The lowest BCUT2D eigenvalue weighted by Gasteiger charge is -2.22. The fraction of sp³-hybridized carbons (Fsp3) is 0.500. The Labute approximate surface area is 102 Å². The van der Waals surface area contributed by atoms with Crippen molar-refractivity contribution in [1.82, 2.24) is 0 Å². The Hall–Kier alpha value is -1.35. The van der Waals surface area contributed by atoms with Gasteiger partial charge in [0.25, 0.3) is 0 Å². The highest BCUT2D eigenvalue weighted by molar-refractivity contribution is 5.97. The molecule has 0 bridgehead atoms. The highest BCUT2D eigenvalue weighted by Gasteiger charge is 2.31. The molecule has 1 fully saturated rings. The van der Waals surface area contributed by atoms with Crippen LogP contribution in [0.15, 0.2) is 12.1 Å². The molecule has 1 aromatic carbocycles. The van der Waals surface area contributed by atoms with E-state index in [9.17, 15) is 4.79 Å². The van der Waals surface area contributed by atoms with E-state index in [0.29, 0.717) is 13.0 Å². The summed E-state index contributed by atoms with van der Waals surface area (Å²) < 4.78 is 0. The van der Waals surface area contributed by atoms with Crippen molar-refractivity contribution in [2.75, 3.05) is 18.1 Å². The molecule has 0 aromatic heterocycles. The lowest BCUT2D eigenvalue weighted by atomic mass is 10.0. The molecule has 2 rings (SSSR count). The van der Waals surface area contributed by atoms with Gasteiger partial charge in [0.05, 0.1) is 0 Å². The number of rotatable bonds is 2. The summed E-state index contributed by atoms with van der Waals surface area (Å²) >= 11 is 0. The van der Waals surface area contributed by atoms with Crippen LogP contribution in [0.1, 0.15) is 23.1 Å². The number of aliphatic hydroxyl groups is 1. The van der Waals surface area contributed by atoms with Gasteiger partial charge in [-0.2, -0.15) is 0 Å². The summed E-state index contributed by atoms with van der Waals surface area (Å²) in [6.07, 6.45) is 0.462. The van der Waals surface area contributed by atoms with Crippen molar-refractivity contribution in [3.63, 3.8) is 0 Å². The summed E-state index contributed by atoms with van der Waals surface area (Å²) in [5.74, 6) is 0.210. The first-order valence-corrected chi connectivity index (χ1v) is 6.02. The number of nitrogens with zero attached hydrogens (tertiary/aromatic N) is 1. The SMILES string of the molecule is Cc1cc(C)c(N2CC(CO)CC2=O)c(C)c1. The second kappa shape index (κ2) is 4.49. The predicted octanol–water partition coefficient (Wildman–Crippen LogP) is 1.96. The van der Waals surface area contributed by atoms with Crippen LogP contribution in [0.3, 0.4) is 0 Å². The maximum absolute atomic E-state index is 11.9. The topological polar surface area (TPSA) is 40.5 Å². The molecule has 92 valence electrons. The minimum atomic E-state index is 0.0857. The van der Waals surface area contributed by atoms with Crippen molar-refractivity contribution >= 4 is 11.6 Å². The van der Waals surface area contributed by atoms with Gasteiger partial charge in [-0.25, -0.2) is 0 Å². The molecule has 1 aromatic rings. The molecule has 1 saturated heterocycles. The number of anilines is 1. The summed E-state index contributed by atoms with van der Waals surface area (Å²) in [5.41, 5.74) is 4.51. The van der Waals surface area contributed by atoms with E-state index in [1.54, 1.807) is 0 Å². The monoisotopic (exact) mass is 233 g/mol. The zero-order valence-corrected chi connectivity index (χ0v) is 10.7. The van der Waals surface area contributed by atoms with Crippen LogP contribution in [0.4, 0.5) is 5.69 Å². The first-order valence-electron chi connectivity index (χ1n) is 6.02. The molecule has 1 aliphatic heterocycles. The van der Waals surface area contributed by atoms with Crippen molar-refractivity contribution in [3.8, 4) is 0 Å². The van der Waals surface area contributed by atoms with Crippen molar-refractivity contribution < 1.29 is 9.90 Å². The minimum Gasteiger partial charge on any atom is -0.396 e. The van der Waals surface area contributed by atoms with Crippen LogP contribution in [0.25, 0.3) is 0 Å². The van der Waals surface area contributed by atoms with Crippen molar-refractivity contribution in [1.29, 1.82) is 0 Å². The molecule has 17 heavy (non-hydrogen) atoms.